The summed E-state index contributed by atoms with van der Waals surface area (Å²) in [6.07, 6.45) is 4.70. The van der Waals surface area contributed by atoms with E-state index >= 15 is 0 Å². The second-order valence-electron chi connectivity index (χ2n) is 6.83. The molecule has 3 aromatic carbocycles. The zero-order chi connectivity index (χ0) is 21.7. The van der Waals surface area contributed by atoms with Crippen LogP contribution in [0.25, 0.3) is 0 Å². The van der Waals surface area contributed by atoms with Crippen LogP contribution in [0.3, 0.4) is 0 Å². The van der Waals surface area contributed by atoms with Gasteiger partial charge in [-0.1, -0.05) is 24.3 Å². The fraction of sp³-hybridized carbons (Fsp3) is 0.167. The second-order valence-corrected chi connectivity index (χ2v) is 8.59. The molecule has 0 heterocycles. The van der Waals surface area contributed by atoms with Crippen molar-refractivity contribution in [1.82, 2.24) is 0 Å². The van der Waals surface area contributed by atoms with Gasteiger partial charge < -0.3 is 10.2 Å². The number of thioether (sulfide) groups is 2. The molecule has 4 nitrogen and oxygen atoms in total. The Hall–Kier alpha value is -2.70. The van der Waals surface area contributed by atoms with E-state index in [0.717, 1.165) is 20.9 Å². The van der Waals surface area contributed by atoms with Gasteiger partial charge in [-0.3, -0.25) is 0 Å². The van der Waals surface area contributed by atoms with E-state index in [1.165, 1.54) is 12.1 Å². The molecule has 2 N–H and O–H groups in total. The summed E-state index contributed by atoms with van der Waals surface area (Å²) in [5.74, 6) is -2.11. The molecule has 0 aliphatic carbocycles. The van der Waals surface area contributed by atoms with Crippen molar-refractivity contribution in [1.29, 1.82) is 0 Å². The van der Waals surface area contributed by atoms with E-state index in [-0.39, 0.29) is 11.1 Å². The first kappa shape index (κ1) is 22.0. The van der Waals surface area contributed by atoms with Gasteiger partial charge in [0.1, 0.15) is 0 Å². The highest BCUT2D eigenvalue weighted by atomic mass is 32.2. The summed E-state index contributed by atoms with van der Waals surface area (Å²) in [5.41, 5.74) is 3.16. The molecule has 0 saturated carbocycles. The van der Waals surface area contributed by atoms with Crippen molar-refractivity contribution in [3.63, 3.8) is 0 Å². The van der Waals surface area contributed by atoms with Crippen molar-refractivity contribution in [2.45, 2.75) is 22.6 Å². The van der Waals surface area contributed by atoms with Crippen LogP contribution in [0.4, 0.5) is 0 Å². The van der Waals surface area contributed by atoms with Gasteiger partial charge >= 0.3 is 11.9 Å². The van der Waals surface area contributed by atoms with Crippen LogP contribution in [0, 0.1) is 0 Å². The molecule has 0 bridgehead atoms. The molecule has 0 spiro atoms. The minimum atomic E-state index is -1.05. The topological polar surface area (TPSA) is 74.6 Å². The summed E-state index contributed by atoms with van der Waals surface area (Å²) in [5, 5.41) is 19.5. The van der Waals surface area contributed by atoms with Crippen molar-refractivity contribution >= 4 is 35.5 Å². The normalized spacial score (nSPS) is 10.7. The van der Waals surface area contributed by atoms with Crippen LogP contribution in [0.2, 0.25) is 0 Å². The highest BCUT2D eigenvalue weighted by Crippen LogP contribution is 2.25. The summed E-state index contributed by atoms with van der Waals surface area (Å²) < 4.78 is 0. The van der Waals surface area contributed by atoms with Crippen LogP contribution < -0.4 is 0 Å². The Morgan fingerprint density at radius 3 is 1.27 bits per heavy atom. The average Bonchev–Trinajstić information content (AvgIpc) is 2.75. The van der Waals surface area contributed by atoms with Gasteiger partial charge in [0.2, 0.25) is 0 Å². The lowest BCUT2D eigenvalue weighted by Gasteiger charge is -2.13. The minimum absolute atomic E-state index is 0.143. The molecule has 0 unspecified atom stereocenters. The van der Waals surface area contributed by atoms with E-state index in [1.807, 2.05) is 61.0 Å². The van der Waals surface area contributed by atoms with Gasteiger partial charge in [0, 0.05) is 9.79 Å². The van der Waals surface area contributed by atoms with Crippen molar-refractivity contribution < 1.29 is 19.8 Å². The van der Waals surface area contributed by atoms with E-state index in [9.17, 15) is 19.8 Å². The maximum atomic E-state index is 11.9. The van der Waals surface area contributed by atoms with Crippen LogP contribution >= 0.6 is 23.5 Å². The summed E-state index contributed by atoms with van der Waals surface area (Å²) in [4.78, 5) is 26.1. The lowest BCUT2D eigenvalue weighted by Crippen LogP contribution is -2.11. The number of hydrogen-bond donors (Lipinski definition) is 2. The zero-order valence-corrected chi connectivity index (χ0v) is 18.3. The summed E-state index contributed by atoms with van der Waals surface area (Å²) in [7, 11) is 0. The van der Waals surface area contributed by atoms with E-state index in [1.54, 1.807) is 23.5 Å². The molecular weight excluding hydrogens is 416 g/mol. The van der Waals surface area contributed by atoms with Gasteiger partial charge in [-0.15, -0.1) is 23.5 Å². The lowest BCUT2D eigenvalue weighted by molar-refractivity contribution is 0.0679. The Bertz CT molecular complexity index is 971. The van der Waals surface area contributed by atoms with Crippen LogP contribution in [0.1, 0.15) is 43.0 Å². The first-order valence-electron chi connectivity index (χ1n) is 9.29. The molecule has 3 rings (SSSR count). The van der Waals surface area contributed by atoms with Crippen molar-refractivity contribution in [3.8, 4) is 0 Å². The molecule has 0 radical (unpaired) electrons. The number of carbonyl (C=O) groups is 2. The van der Waals surface area contributed by atoms with Crippen molar-refractivity contribution in [2.24, 2.45) is 0 Å². The number of rotatable bonds is 8. The molecule has 6 heteroatoms. The van der Waals surface area contributed by atoms with Gasteiger partial charge in [-0.05, 0) is 84.0 Å². The molecule has 154 valence electrons. The molecule has 30 heavy (non-hydrogen) atoms. The largest absolute Gasteiger partial charge is 0.478 e. The quantitative estimate of drug-likeness (QED) is 0.439. The lowest BCUT2D eigenvalue weighted by atomic mass is 9.91. The van der Waals surface area contributed by atoms with Crippen LogP contribution in [0.5, 0.6) is 0 Å². The Kier molecular flexibility index (Phi) is 7.24. The molecule has 3 aromatic rings. The first-order valence-corrected chi connectivity index (χ1v) is 11.7. The number of aromatic carboxylic acids is 2. The molecule has 0 atom stereocenters. The SMILES string of the molecule is CSc1ccc(Cc2cc(C(=O)O)c(Cc3ccc(SC)cc3)cc2C(=O)O)cc1. The van der Waals surface area contributed by atoms with Crippen LogP contribution in [0.15, 0.2) is 70.5 Å². The standard InChI is InChI=1S/C24H22O4S2/c1-29-19-7-3-15(4-8-19)11-17-13-22(24(27)28)18(14-21(17)23(25)26)12-16-5-9-20(30-2)10-6-16/h3-10,13-14H,11-12H2,1-2H3,(H,25,26)(H,27,28). The van der Waals surface area contributed by atoms with Gasteiger partial charge in [-0.2, -0.15) is 0 Å². The number of benzene rings is 3. The predicted molar refractivity (Wildman–Crippen MR) is 122 cm³/mol. The Balaban J connectivity index is 1.99. The summed E-state index contributed by atoms with van der Waals surface area (Å²) in [6.45, 7) is 0. The first-order chi connectivity index (χ1) is 14.4. The molecule has 0 saturated heterocycles. The monoisotopic (exact) mass is 438 g/mol. The van der Waals surface area contributed by atoms with E-state index in [0.29, 0.717) is 24.0 Å². The van der Waals surface area contributed by atoms with Crippen LogP contribution in [-0.2, 0) is 12.8 Å². The third-order valence-corrected chi connectivity index (χ3v) is 6.38. The Morgan fingerprint density at radius 2 is 1.00 bits per heavy atom. The molecule has 0 aliphatic heterocycles. The fourth-order valence-electron chi connectivity index (χ4n) is 3.31. The van der Waals surface area contributed by atoms with E-state index in [4.69, 9.17) is 0 Å². The third kappa shape index (κ3) is 5.26. The highest BCUT2D eigenvalue weighted by molar-refractivity contribution is 7.98. The fourth-order valence-corrected chi connectivity index (χ4v) is 4.12. The maximum absolute atomic E-state index is 11.9. The molecule has 0 fully saturated rings. The minimum Gasteiger partial charge on any atom is -0.478 e. The van der Waals surface area contributed by atoms with E-state index < -0.39 is 11.9 Å². The van der Waals surface area contributed by atoms with Gasteiger partial charge in [-0.25, -0.2) is 9.59 Å². The summed E-state index contributed by atoms with van der Waals surface area (Å²) in [6, 6.07) is 18.7. The molecule has 0 aromatic heterocycles. The second kappa shape index (κ2) is 9.87. The Labute approximate surface area is 184 Å². The zero-order valence-electron chi connectivity index (χ0n) is 16.7. The van der Waals surface area contributed by atoms with Crippen molar-refractivity contribution in [2.75, 3.05) is 12.5 Å². The van der Waals surface area contributed by atoms with Gasteiger partial charge in [0.05, 0.1) is 11.1 Å². The third-order valence-electron chi connectivity index (χ3n) is 4.90. The van der Waals surface area contributed by atoms with Crippen LogP contribution in [-0.4, -0.2) is 34.7 Å². The molecule has 0 aliphatic rings. The maximum Gasteiger partial charge on any atom is 0.335 e. The number of carboxylic acids is 2. The predicted octanol–water partition coefficient (Wildman–Crippen LogP) is 5.71. The van der Waals surface area contributed by atoms with Gasteiger partial charge in [0.15, 0.2) is 0 Å². The number of carboxylic acid groups (broad SMARTS) is 2. The molecule has 0 amide bonds. The van der Waals surface area contributed by atoms with Crippen molar-refractivity contribution in [3.05, 3.63) is 94.0 Å². The van der Waals surface area contributed by atoms with E-state index in [2.05, 4.69) is 0 Å². The highest BCUT2D eigenvalue weighted by Gasteiger charge is 2.19. The average molecular weight is 439 g/mol. The summed E-state index contributed by atoms with van der Waals surface area (Å²) >= 11 is 3.26. The smallest absolute Gasteiger partial charge is 0.335 e. The number of hydrogen-bond acceptors (Lipinski definition) is 4. The Morgan fingerprint density at radius 1 is 0.667 bits per heavy atom. The molecular formula is C24H22O4S2. The van der Waals surface area contributed by atoms with Gasteiger partial charge in [0.25, 0.3) is 0 Å².